The molecule has 0 unspecified atom stereocenters. The maximum absolute atomic E-state index is 13.6. The van der Waals surface area contributed by atoms with Gasteiger partial charge in [0.25, 0.3) is 5.91 Å². The fourth-order valence-corrected chi connectivity index (χ4v) is 2.24. The number of nitrogens with one attached hydrogen (secondary N) is 1. The Kier molecular flexibility index (Phi) is 7.08. The van der Waals surface area contributed by atoms with Gasteiger partial charge in [0.2, 0.25) is 0 Å². The van der Waals surface area contributed by atoms with Gasteiger partial charge in [0, 0.05) is 24.6 Å². The van der Waals surface area contributed by atoms with Gasteiger partial charge in [-0.25, -0.2) is 8.78 Å². The van der Waals surface area contributed by atoms with Gasteiger partial charge in [0.05, 0.1) is 0 Å². The van der Waals surface area contributed by atoms with Crippen molar-refractivity contribution in [3.8, 4) is 11.5 Å². The second-order valence-corrected chi connectivity index (χ2v) is 5.66. The molecule has 0 aliphatic carbocycles. The van der Waals surface area contributed by atoms with Crippen LogP contribution < -0.4 is 10.1 Å². The molecule has 2 aromatic rings. The van der Waals surface area contributed by atoms with Crippen molar-refractivity contribution in [2.24, 2.45) is 0 Å². The molecule has 0 bridgehead atoms. The average Bonchev–Trinajstić information content (AvgIpc) is 2.60. The fraction of sp³-hybridized carbons (Fsp3) is 0.263. The smallest absolute Gasteiger partial charge is 0.303 e. The molecule has 0 saturated carbocycles. The zero-order valence-corrected chi connectivity index (χ0v) is 14.0. The predicted octanol–water partition coefficient (Wildman–Crippen LogP) is 4.13. The Morgan fingerprint density at radius 1 is 1.00 bits per heavy atom. The summed E-state index contributed by atoms with van der Waals surface area (Å²) in [5, 5.41) is 11.3. The molecule has 0 atom stereocenters. The highest BCUT2D eigenvalue weighted by Gasteiger charge is 2.08. The Balaban J connectivity index is 1.80. The number of aliphatic carboxylic acids is 1. The normalized spacial score (nSPS) is 10.4. The Bertz CT molecular complexity index is 763. The number of hydrogen-bond acceptors (Lipinski definition) is 3. The molecule has 0 spiro atoms. The van der Waals surface area contributed by atoms with Crippen LogP contribution in [0.2, 0.25) is 0 Å². The summed E-state index contributed by atoms with van der Waals surface area (Å²) in [5.74, 6) is -2.37. The largest absolute Gasteiger partial charge is 0.481 e. The molecular formula is C19H19F2NO4. The maximum atomic E-state index is 13.6. The van der Waals surface area contributed by atoms with Crippen LogP contribution in [0, 0.1) is 11.6 Å². The van der Waals surface area contributed by atoms with Crippen LogP contribution in [0.15, 0.2) is 42.5 Å². The number of carboxylic acids is 1. The van der Waals surface area contributed by atoms with Gasteiger partial charge < -0.3 is 15.2 Å². The molecule has 26 heavy (non-hydrogen) atoms. The van der Waals surface area contributed by atoms with Crippen molar-refractivity contribution >= 4 is 11.9 Å². The van der Waals surface area contributed by atoms with Crippen LogP contribution in [-0.4, -0.2) is 23.5 Å². The van der Waals surface area contributed by atoms with Crippen molar-refractivity contribution in [2.75, 3.05) is 6.54 Å². The number of rotatable bonds is 9. The number of carboxylic acid groups (broad SMARTS) is 1. The van der Waals surface area contributed by atoms with E-state index in [9.17, 15) is 18.4 Å². The molecule has 0 aromatic heterocycles. The molecule has 7 heteroatoms. The van der Waals surface area contributed by atoms with E-state index in [1.165, 1.54) is 30.3 Å². The fourth-order valence-electron chi connectivity index (χ4n) is 2.24. The van der Waals surface area contributed by atoms with Gasteiger partial charge in [0.1, 0.15) is 11.6 Å². The number of benzene rings is 2. The third-order valence-electron chi connectivity index (χ3n) is 3.59. The van der Waals surface area contributed by atoms with E-state index >= 15 is 0 Å². The molecule has 2 aromatic carbocycles. The van der Waals surface area contributed by atoms with Crippen molar-refractivity contribution < 1.29 is 28.2 Å². The van der Waals surface area contributed by atoms with Crippen molar-refractivity contribution in [2.45, 2.75) is 25.7 Å². The maximum Gasteiger partial charge on any atom is 0.303 e. The van der Waals surface area contributed by atoms with Crippen LogP contribution in [0.3, 0.4) is 0 Å². The zero-order valence-electron chi connectivity index (χ0n) is 14.0. The molecule has 1 amide bonds. The first-order valence-corrected chi connectivity index (χ1v) is 8.18. The molecule has 0 heterocycles. The molecular weight excluding hydrogens is 344 g/mol. The van der Waals surface area contributed by atoms with Gasteiger partial charge in [-0.2, -0.15) is 0 Å². The number of halogens is 2. The minimum atomic E-state index is -0.822. The molecule has 5 nitrogen and oxygen atoms in total. The molecule has 2 N–H and O–H groups in total. The average molecular weight is 363 g/mol. The van der Waals surface area contributed by atoms with Gasteiger partial charge in [-0.15, -0.1) is 0 Å². The van der Waals surface area contributed by atoms with E-state index in [2.05, 4.69) is 5.32 Å². The molecule has 0 fully saturated rings. The first kappa shape index (κ1) is 19.4. The number of unbranched alkanes of at least 4 members (excludes halogenated alkanes) is 2. The van der Waals surface area contributed by atoms with Gasteiger partial charge in [0.15, 0.2) is 11.6 Å². The third-order valence-corrected chi connectivity index (χ3v) is 3.59. The van der Waals surface area contributed by atoms with Crippen molar-refractivity contribution in [1.29, 1.82) is 0 Å². The first-order valence-electron chi connectivity index (χ1n) is 8.18. The lowest BCUT2D eigenvalue weighted by Gasteiger charge is -2.08. The number of hydrogen-bond donors (Lipinski definition) is 2. The minimum Gasteiger partial charge on any atom is -0.481 e. The summed E-state index contributed by atoms with van der Waals surface area (Å²) in [6.45, 7) is 0.456. The summed E-state index contributed by atoms with van der Waals surface area (Å²) in [6.07, 6.45) is 2.13. The summed E-state index contributed by atoms with van der Waals surface area (Å²) >= 11 is 0. The van der Waals surface area contributed by atoms with Gasteiger partial charge in [-0.05, 0) is 49.2 Å². The molecule has 2 rings (SSSR count). The SMILES string of the molecule is O=C(O)CCCCCNC(=O)c1ccc(Oc2ccc(F)cc2F)cc1. The van der Waals surface area contributed by atoms with Crippen LogP contribution in [-0.2, 0) is 4.79 Å². The standard InChI is InChI=1S/C19H19F2NO4/c20-14-7-10-17(16(21)12-14)26-15-8-5-13(6-9-15)19(25)22-11-3-1-2-4-18(23)24/h5-10,12H,1-4,11H2,(H,22,25)(H,23,24). The van der Waals surface area contributed by atoms with Crippen molar-refractivity contribution in [1.82, 2.24) is 5.32 Å². The number of amides is 1. The molecule has 0 aliphatic heterocycles. The second kappa shape index (κ2) is 9.50. The van der Waals surface area contributed by atoms with E-state index in [1.807, 2.05) is 0 Å². The Hall–Kier alpha value is -2.96. The molecule has 138 valence electrons. The van der Waals surface area contributed by atoms with E-state index in [1.54, 1.807) is 0 Å². The zero-order chi connectivity index (χ0) is 18.9. The summed E-state index contributed by atoms with van der Waals surface area (Å²) in [5.41, 5.74) is 0.419. The van der Waals surface area contributed by atoms with Gasteiger partial charge in [-0.1, -0.05) is 6.42 Å². The lowest BCUT2D eigenvalue weighted by atomic mass is 10.2. The number of ether oxygens (including phenoxy) is 1. The summed E-state index contributed by atoms with van der Waals surface area (Å²) in [4.78, 5) is 22.4. The summed E-state index contributed by atoms with van der Waals surface area (Å²) in [6, 6.07) is 9.13. The van der Waals surface area contributed by atoms with E-state index in [0.717, 1.165) is 18.6 Å². The molecule has 0 saturated heterocycles. The lowest BCUT2D eigenvalue weighted by molar-refractivity contribution is -0.137. The monoisotopic (exact) mass is 363 g/mol. The van der Waals surface area contributed by atoms with Crippen molar-refractivity contribution in [3.05, 3.63) is 59.7 Å². The van der Waals surface area contributed by atoms with Crippen molar-refractivity contribution in [3.63, 3.8) is 0 Å². The first-order chi connectivity index (χ1) is 12.5. The van der Waals surface area contributed by atoms with E-state index < -0.39 is 17.6 Å². The second-order valence-electron chi connectivity index (χ2n) is 5.66. The van der Waals surface area contributed by atoms with Crippen LogP contribution in [0.5, 0.6) is 11.5 Å². The highest BCUT2D eigenvalue weighted by atomic mass is 19.1. The third kappa shape index (κ3) is 6.16. The minimum absolute atomic E-state index is 0.107. The lowest BCUT2D eigenvalue weighted by Crippen LogP contribution is -2.24. The predicted molar refractivity (Wildman–Crippen MR) is 91.3 cm³/mol. The van der Waals surface area contributed by atoms with Crippen LogP contribution in [0.4, 0.5) is 8.78 Å². The summed E-state index contributed by atoms with van der Waals surface area (Å²) < 4.78 is 31.7. The van der Waals surface area contributed by atoms with Crippen LogP contribution in [0.1, 0.15) is 36.0 Å². The van der Waals surface area contributed by atoms with Crippen LogP contribution in [0.25, 0.3) is 0 Å². The van der Waals surface area contributed by atoms with E-state index in [4.69, 9.17) is 9.84 Å². The Morgan fingerprint density at radius 3 is 2.38 bits per heavy atom. The highest BCUT2D eigenvalue weighted by molar-refractivity contribution is 5.94. The number of carbonyl (C=O) groups is 2. The molecule has 0 radical (unpaired) electrons. The van der Waals surface area contributed by atoms with E-state index in [0.29, 0.717) is 30.7 Å². The van der Waals surface area contributed by atoms with Gasteiger partial charge in [-0.3, -0.25) is 9.59 Å². The van der Waals surface area contributed by atoms with E-state index in [-0.39, 0.29) is 18.1 Å². The Morgan fingerprint density at radius 2 is 1.73 bits per heavy atom. The molecule has 0 aliphatic rings. The van der Waals surface area contributed by atoms with Crippen LogP contribution >= 0.6 is 0 Å². The Labute approximate surface area is 149 Å². The highest BCUT2D eigenvalue weighted by Crippen LogP contribution is 2.25. The summed E-state index contributed by atoms with van der Waals surface area (Å²) in [7, 11) is 0. The number of carbonyl (C=O) groups excluding carboxylic acids is 1. The quantitative estimate of drug-likeness (QED) is 0.657. The topological polar surface area (TPSA) is 75.6 Å². The van der Waals surface area contributed by atoms with Gasteiger partial charge >= 0.3 is 5.97 Å².